The van der Waals surface area contributed by atoms with Crippen LogP contribution in [0.25, 0.3) is 10.9 Å². The Morgan fingerprint density at radius 1 is 1.33 bits per heavy atom. The second-order valence-electron chi connectivity index (χ2n) is 3.65. The molecule has 0 atom stereocenters. The Hall–Kier alpha value is -1.35. The highest BCUT2D eigenvalue weighted by atomic mass is 14.8. The fraction of sp³-hybridized carbons (Fsp3) is 0.250. The number of hydrogen-bond acceptors (Lipinski definition) is 2. The Labute approximate surface area is 91.1 Å². The molecule has 0 unspecified atom stereocenters. The lowest BCUT2D eigenvalue weighted by Crippen LogP contribution is -2.10. The molecule has 1 N–H and O–H groups in total. The fourth-order valence-electron chi connectivity index (χ4n) is 1.62. The van der Waals surface area contributed by atoms with Gasteiger partial charge in [0.1, 0.15) is 7.85 Å². The maximum Gasteiger partial charge on any atom is 0.115 e. The minimum atomic E-state index is 0.716. The molecule has 2 rings (SSSR count). The summed E-state index contributed by atoms with van der Waals surface area (Å²) in [6, 6.07) is 8.27. The van der Waals surface area contributed by atoms with Crippen molar-refractivity contribution in [3.05, 3.63) is 36.0 Å². The van der Waals surface area contributed by atoms with Crippen LogP contribution in [0.15, 0.2) is 30.5 Å². The van der Waals surface area contributed by atoms with E-state index < -0.39 is 0 Å². The summed E-state index contributed by atoms with van der Waals surface area (Å²) < 4.78 is 0. The van der Waals surface area contributed by atoms with E-state index in [0.717, 1.165) is 23.9 Å². The van der Waals surface area contributed by atoms with Gasteiger partial charge in [0.2, 0.25) is 0 Å². The van der Waals surface area contributed by atoms with Crippen LogP contribution in [-0.4, -0.2) is 26.4 Å². The SMILES string of the molecule is [B]c1cnc2ccc(CCNC)cc2c1. The van der Waals surface area contributed by atoms with Crippen LogP contribution in [-0.2, 0) is 6.42 Å². The molecule has 15 heavy (non-hydrogen) atoms. The monoisotopic (exact) mass is 196 g/mol. The third-order valence-electron chi connectivity index (χ3n) is 2.43. The van der Waals surface area contributed by atoms with E-state index in [1.807, 2.05) is 19.2 Å². The van der Waals surface area contributed by atoms with Crippen molar-refractivity contribution in [2.24, 2.45) is 0 Å². The molecule has 74 valence electrons. The minimum absolute atomic E-state index is 0.716. The topological polar surface area (TPSA) is 24.9 Å². The van der Waals surface area contributed by atoms with Crippen molar-refractivity contribution in [1.29, 1.82) is 0 Å². The van der Waals surface area contributed by atoms with Crippen LogP contribution in [0.1, 0.15) is 5.56 Å². The third kappa shape index (κ3) is 2.36. The number of likely N-dealkylation sites (N-methyl/N-ethyl adjacent to an activating group) is 1. The van der Waals surface area contributed by atoms with Crippen LogP contribution in [0.2, 0.25) is 0 Å². The van der Waals surface area contributed by atoms with Gasteiger partial charge >= 0.3 is 0 Å². The standard InChI is InChI=1S/C12H13BN2/c1-14-5-4-9-2-3-12-10(6-9)7-11(13)8-15-12/h2-3,6-8,14H,4-5H2,1H3. The van der Waals surface area contributed by atoms with Gasteiger partial charge in [-0.1, -0.05) is 17.6 Å². The summed E-state index contributed by atoms with van der Waals surface area (Å²) in [4.78, 5) is 4.26. The second kappa shape index (κ2) is 4.45. The van der Waals surface area contributed by atoms with E-state index in [-0.39, 0.29) is 0 Å². The first-order valence-electron chi connectivity index (χ1n) is 5.08. The lowest BCUT2D eigenvalue weighted by Gasteiger charge is -2.03. The van der Waals surface area contributed by atoms with E-state index >= 15 is 0 Å². The number of aromatic nitrogens is 1. The third-order valence-corrected chi connectivity index (χ3v) is 2.43. The molecule has 0 aliphatic rings. The molecule has 3 heteroatoms. The van der Waals surface area contributed by atoms with Crippen LogP contribution in [0.5, 0.6) is 0 Å². The number of nitrogens with one attached hydrogen (secondary N) is 1. The van der Waals surface area contributed by atoms with E-state index in [2.05, 4.69) is 22.4 Å². The van der Waals surface area contributed by atoms with Crippen molar-refractivity contribution >= 4 is 24.2 Å². The number of fused-ring (bicyclic) bond motifs is 1. The van der Waals surface area contributed by atoms with Gasteiger partial charge in [-0.05, 0) is 43.1 Å². The summed E-state index contributed by atoms with van der Waals surface area (Å²) in [5.41, 5.74) is 3.02. The Bertz CT molecular complexity index is 468. The summed E-state index contributed by atoms with van der Waals surface area (Å²) in [6.45, 7) is 0.987. The molecule has 0 amide bonds. The Morgan fingerprint density at radius 3 is 3.00 bits per heavy atom. The lowest BCUT2D eigenvalue weighted by molar-refractivity contribution is 0.792. The van der Waals surface area contributed by atoms with Crippen molar-refractivity contribution in [1.82, 2.24) is 10.3 Å². The molecule has 2 aromatic rings. The maximum atomic E-state index is 5.70. The summed E-state index contributed by atoms with van der Waals surface area (Å²) in [7, 11) is 7.66. The van der Waals surface area contributed by atoms with Gasteiger partial charge < -0.3 is 5.32 Å². The van der Waals surface area contributed by atoms with E-state index in [0.29, 0.717) is 5.46 Å². The van der Waals surface area contributed by atoms with Gasteiger partial charge in [0, 0.05) is 6.20 Å². The van der Waals surface area contributed by atoms with Gasteiger partial charge in [0.25, 0.3) is 0 Å². The van der Waals surface area contributed by atoms with Gasteiger partial charge in [-0.25, -0.2) is 0 Å². The Kier molecular flexibility index (Phi) is 3.02. The van der Waals surface area contributed by atoms with Crippen LogP contribution >= 0.6 is 0 Å². The molecule has 2 nitrogen and oxygen atoms in total. The summed E-state index contributed by atoms with van der Waals surface area (Å²) >= 11 is 0. The molecule has 0 saturated carbocycles. The Morgan fingerprint density at radius 2 is 2.20 bits per heavy atom. The van der Waals surface area contributed by atoms with Crippen LogP contribution in [0.4, 0.5) is 0 Å². The van der Waals surface area contributed by atoms with Crippen LogP contribution in [0.3, 0.4) is 0 Å². The van der Waals surface area contributed by atoms with E-state index in [1.54, 1.807) is 6.20 Å². The number of pyridine rings is 1. The lowest BCUT2D eigenvalue weighted by atomic mass is 9.96. The first-order chi connectivity index (χ1) is 7.29. The fourth-order valence-corrected chi connectivity index (χ4v) is 1.62. The molecule has 0 fully saturated rings. The smallest absolute Gasteiger partial charge is 0.115 e. The van der Waals surface area contributed by atoms with Gasteiger partial charge in [-0.15, -0.1) is 0 Å². The largest absolute Gasteiger partial charge is 0.319 e. The molecular weight excluding hydrogens is 183 g/mol. The molecule has 0 aliphatic carbocycles. The first kappa shape index (κ1) is 10.2. The Balaban J connectivity index is 2.36. The van der Waals surface area contributed by atoms with Gasteiger partial charge in [-0.3, -0.25) is 4.98 Å². The van der Waals surface area contributed by atoms with Crippen molar-refractivity contribution in [2.75, 3.05) is 13.6 Å². The normalized spacial score (nSPS) is 10.7. The molecule has 0 aliphatic heterocycles. The zero-order chi connectivity index (χ0) is 10.7. The van der Waals surface area contributed by atoms with Gasteiger partial charge in [0.05, 0.1) is 5.52 Å². The first-order valence-corrected chi connectivity index (χ1v) is 5.08. The van der Waals surface area contributed by atoms with Crippen LogP contribution < -0.4 is 10.8 Å². The quantitative estimate of drug-likeness (QED) is 0.734. The molecule has 1 aromatic carbocycles. The summed E-state index contributed by atoms with van der Waals surface area (Å²) in [5, 5.41) is 4.25. The average Bonchev–Trinajstić information content (AvgIpc) is 2.25. The van der Waals surface area contributed by atoms with E-state index in [4.69, 9.17) is 7.85 Å². The maximum absolute atomic E-state index is 5.70. The number of rotatable bonds is 3. The zero-order valence-corrected chi connectivity index (χ0v) is 8.83. The van der Waals surface area contributed by atoms with Crippen molar-refractivity contribution in [2.45, 2.75) is 6.42 Å². The van der Waals surface area contributed by atoms with Crippen LogP contribution in [0, 0.1) is 0 Å². The molecule has 0 saturated heterocycles. The molecule has 2 radical (unpaired) electrons. The highest BCUT2D eigenvalue weighted by Gasteiger charge is 1.97. The molecular formula is C12H13BN2. The predicted molar refractivity (Wildman–Crippen MR) is 64.8 cm³/mol. The zero-order valence-electron chi connectivity index (χ0n) is 8.83. The predicted octanol–water partition coefficient (Wildman–Crippen LogP) is 0.790. The van der Waals surface area contributed by atoms with E-state index in [9.17, 15) is 0 Å². The second-order valence-corrected chi connectivity index (χ2v) is 3.65. The van der Waals surface area contributed by atoms with Gasteiger partial charge in [0.15, 0.2) is 0 Å². The van der Waals surface area contributed by atoms with Gasteiger partial charge in [-0.2, -0.15) is 0 Å². The van der Waals surface area contributed by atoms with Crippen molar-refractivity contribution in [3.63, 3.8) is 0 Å². The van der Waals surface area contributed by atoms with Crippen molar-refractivity contribution in [3.8, 4) is 0 Å². The highest BCUT2D eigenvalue weighted by molar-refractivity contribution is 6.32. The summed E-state index contributed by atoms with van der Waals surface area (Å²) in [6.07, 6.45) is 2.72. The van der Waals surface area contributed by atoms with Crippen molar-refractivity contribution < 1.29 is 0 Å². The molecule has 0 bridgehead atoms. The molecule has 1 heterocycles. The van der Waals surface area contributed by atoms with E-state index in [1.165, 1.54) is 5.56 Å². The molecule has 0 spiro atoms. The average molecular weight is 196 g/mol. The highest BCUT2D eigenvalue weighted by Crippen LogP contribution is 2.12. The number of benzene rings is 1. The number of hydrogen-bond donors (Lipinski definition) is 1. The number of nitrogens with zero attached hydrogens (tertiary/aromatic N) is 1. The minimum Gasteiger partial charge on any atom is -0.319 e. The summed E-state index contributed by atoms with van der Waals surface area (Å²) in [5.74, 6) is 0. The molecule has 1 aromatic heterocycles.